The first-order chi connectivity index (χ1) is 12.1. The van der Waals surface area contributed by atoms with Gasteiger partial charge in [-0.3, -0.25) is 14.7 Å². The van der Waals surface area contributed by atoms with Crippen LogP contribution in [0.3, 0.4) is 0 Å². The number of H-pyrrole nitrogens is 2. The van der Waals surface area contributed by atoms with Gasteiger partial charge in [-0.25, -0.2) is 9.97 Å². The van der Waals surface area contributed by atoms with E-state index in [0.717, 1.165) is 79.5 Å². The molecule has 7 heteroatoms. The van der Waals surface area contributed by atoms with Crippen molar-refractivity contribution in [2.75, 3.05) is 13.1 Å². The normalized spacial score (nSPS) is 18.1. The SMILES string of the molecule is Cc1nc(CN2CCc3nc(C4=NCCCC4)[nH]c(=O)c3C2)[nH]c1C. The third kappa shape index (κ3) is 3.28. The number of fused-ring (bicyclic) bond motifs is 1. The number of aliphatic imine (C=N–C) groups is 1. The van der Waals surface area contributed by atoms with Gasteiger partial charge in [-0.2, -0.15) is 0 Å². The fourth-order valence-corrected chi connectivity index (χ4v) is 3.55. The van der Waals surface area contributed by atoms with Crippen LogP contribution in [0.15, 0.2) is 9.79 Å². The maximum absolute atomic E-state index is 12.6. The molecule has 2 N–H and O–H groups in total. The Morgan fingerprint density at radius 2 is 2.00 bits per heavy atom. The van der Waals surface area contributed by atoms with Crippen LogP contribution in [0.2, 0.25) is 0 Å². The Labute approximate surface area is 146 Å². The van der Waals surface area contributed by atoms with Crippen LogP contribution < -0.4 is 5.56 Å². The second-order valence-corrected chi connectivity index (χ2v) is 6.98. The van der Waals surface area contributed by atoms with Gasteiger partial charge in [0.15, 0.2) is 5.82 Å². The van der Waals surface area contributed by atoms with Gasteiger partial charge >= 0.3 is 0 Å². The summed E-state index contributed by atoms with van der Waals surface area (Å²) in [7, 11) is 0. The zero-order valence-electron chi connectivity index (χ0n) is 14.9. The minimum atomic E-state index is -0.0234. The predicted molar refractivity (Wildman–Crippen MR) is 96.0 cm³/mol. The molecular formula is C18H24N6O. The fraction of sp³-hybridized carbons (Fsp3) is 0.556. The van der Waals surface area contributed by atoms with E-state index in [9.17, 15) is 4.79 Å². The standard InChI is InChI=1S/C18H24N6O/c1-11-12(2)21-16(20-11)10-24-8-6-14-13(9-24)18(25)23-17(22-14)15-5-3-4-7-19-15/h3-10H2,1-2H3,(H,20,21)(H,22,23,25). The molecule has 0 fully saturated rings. The lowest BCUT2D eigenvalue weighted by Gasteiger charge is -2.27. The summed E-state index contributed by atoms with van der Waals surface area (Å²) in [6.45, 7) is 7.09. The second-order valence-electron chi connectivity index (χ2n) is 6.98. The summed E-state index contributed by atoms with van der Waals surface area (Å²) in [5.74, 6) is 1.63. The molecule has 2 aromatic rings. The summed E-state index contributed by atoms with van der Waals surface area (Å²) in [6.07, 6.45) is 3.94. The quantitative estimate of drug-likeness (QED) is 0.889. The molecule has 2 aromatic heterocycles. The first kappa shape index (κ1) is 16.2. The van der Waals surface area contributed by atoms with Crippen LogP contribution in [0, 0.1) is 13.8 Å². The van der Waals surface area contributed by atoms with Crippen molar-refractivity contribution >= 4 is 5.71 Å². The third-order valence-electron chi connectivity index (χ3n) is 5.10. The van der Waals surface area contributed by atoms with Crippen LogP contribution in [0.4, 0.5) is 0 Å². The molecule has 7 nitrogen and oxygen atoms in total. The lowest BCUT2D eigenvalue weighted by Crippen LogP contribution is -2.36. The zero-order chi connectivity index (χ0) is 17.4. The maximum Gasteiger partial charge on any atom is 0.255 e. The van der Waals surface area contributed by atoms with Crippen LogP contribution in [-0.4, -0.2) is 43.6 Å². The predicted octanol–water partition coefficient (Wildman–Crippen LogP) is 1.64. The van der Waals surface area contributed by atoms with Crippen molar-refractivity contribution in [1.82, 2.24) is 24.8 Å². The molecule has 2 aliphatic heterocycles. The molecular weight excluding hydrogens is 316 g/mol. The van der Waals surface area contributed by atoms with Crippen molar-refractivity contribution in [1.29, 1.82) is 0 Å². The van der Waals surface area contributed by atoms with E-state index in [-0.39, 0.29) is 5.56 Å². The van der Waals surface area contributed by atoms with Gasteiger partial charge in [-0.05, 0) is 33.1 Å². The van der Waals surface area contributed by atoms with Gasteiger partial charge in [0.05, 0.1) is 29.2 Å². The van der Waals surface area contributed by atoms with Crippen molar-refractivity contribution in [3.05, 3.63) is 44.6 Å². The molecule has 0 aromatic carbocycles. The zero-order valence-corrected chi connectivity index (χ0v) is 14.9. The van der Waals surface area contributed by atoms with Gasteiger partial charge in [0.1, 0.15) is 5.82 Å². The van der Waals surface area contributed by atoms with E-state index >= 15 is 0 Å². The molecule has 0 saturated heterocycles. The molecule has 0 spiro atoms. The number of imidazole rings is 1. The van der Waals surface area contributed by atoms with Gasteiger partial charge in [0.2, 0.25) is 0 Å². The molecule has 0 amide bonds. The Morgan fingerprint density at radius 1 is 1.12 bits per heavy atom. The van der Waals surface area contributed by atoms with Crippen molar-refractivity contribution < 1.29 is 0 Å². The molecule has 0 unspecified atom stereocenters. The lowest BCUT2D eigenvalue weighted by molar-refractivity contribution is 0.236. The van der Waals surface area contributed by atoms with Gasteiger partial charge in [0.25, 0.3) is 5.56 Å². The van der Waals surface area contributed by atoms with Crippen molar-refractivity contribution in [3.8, 4) is 0 Å². The first-order valence-electron chi connectivity index (χ1n) is 9.00. The Hall–Kier alpha value is -2.28. The highest BCUT2D eigenvalue weighted by Crippen LogP contribution is 2.17. The van der Waals surface area contributed by atoms with E-state index in [2.05, 4.69) is 24.8 Å². The van der Waals surface area contributed by atoms with Crippen LogP contribution in [-0.2, 0) is 19.5 Å². The van der Waals surface area contributed by atoms with Crippen LogP contribution in [0.5, 0.6) is 0 Å². The van der Waals surface area contributed by atoms with E-state index in [4.69, 9.17) is 4.98 Å². The highest BCUT2D eigenvalue weighted by Gasteiger charge is 2.23. The molecule has 132 valence electrons. The number of aromatic amines is 2. The van der Waals surface area contributed by atoms with Crippen molar-refractivity contribution in [2.24, 2.45) is 4.99 Å². The van der Waals surface area contributed by atoms with Crippen LogP contribution in [0.25, 0.3) is 0 Å². The molecule has 4 heterocycles. The Morgan fingerprint density at radius 3 is 2.72 bits per heavy atom. The molecule has 2 aliphatic rings. The smallest absolute Gasteiger partial charge is 0.255 e. The second kappa shape index (κ2) is 6.55. The first-order valence-corrected chi connectivity index (χ1v) is 9.00. The number of nitrogens with one attached hydrogen (secondary N) is 2. The molecule has 4 rings (SSSR count). The molecule has 0 aliphatic carbocycles. The Balaban J connectivity index is 1.55. The number of hydrogen-bond acceptors (Lipinski definition) is 5. The number of aryl methyl sites for hydroxylation is 2. The average Bonchev–Trinajstić information content (AvgIpc) is 2.93. The molecule has 0 atom stereocenters. The van der Waals surface area contributed by atoms with Gasteiger partial charge < -0.3 is 9.97 Å². The van der Waals surface area contributed by atoms with Crippen molar-refractivity contribution in [3.63, 3.8) is 0 Å². The highest BCUT2D eigenvalue weighted by atomic mass is 16.1. The van der Waals surface area contributed by atoms with Gasteiger partial charge in [0, 0.05) is 31.7 Å². The molecule has 0 radical (unpaired) electrons. The van der Waals surface area contributed by atoms with Crippen LogP contribution >= 0.6 is 0 Å². The van der Waals surface area contributed by atoms with Gasteiger partial charge in [-0.1, -0.05) is 0 Å². The average molecular weight is 340 g/mol. The van der Waals surface area contributed by atoms with E-state index < -0.39 is 0 Å². The number of aromatic nitrogens is 4. The number of hydrogen-bond donors (Lipinski definition) is 2. The van der Waals surface area contributed by atoms with Crippen molar-refractivity contribution in [2.45, 2.75) is 52.6 Å². The van der Waals surface area contributed by atoms with Crippen LogP contribution in [0.1, 0.15) is 53.6 Å². The summed E-state index contributed by atoms with van der Waals surface area (Å²) >= 11 is 0. The van der Waals surface area contributed by atoms with E-state index in [1.165, 1.54) is 0 Å². The van der Waals surface area contributed by atoms with E-state index in [1.807, 2.05) is 13.8 Å². The molecule has 25 heavy (non-hydrogen) atoms. The monoisotopic (exact) mass is 340 g/mol. The van der Waals surface area contributed by atoms with Gasteiger partial charge in [-0.15, -0.1) is 0 Å². The number of rotatable bonds is 3. The maximum atomic E-state index is 12.6. The largest absolute Gasteiger partial charge is 0.345 e. The summed E-state index contributed by atoms with van der Waals surface area (Å²) < 4.78 is 0. The Bertz CT molecular complexity index is 859. The number of nitrogens with zero attached hydrogens (tertiary/aromatic N) is 4. The third-order valence-corrected chi connectivity index (χ3v) is 5.10. The summed E-state index contributed by atoms with van der Waals surface area (Å²) in [6, 6.07) is 0. The minimum Gasteiger partial charge on any atom is -0.345 e. The lowest BCUT2D eigenvalue weighted by atomic mass is 10.1. The topological polar surface area (TPSA) is 90.0 Å². The molecule has 0 bridgehead atoms. The summed E-state index contributed by atoms with van der Waals surface area (Å²) in [5, 5.41) is 0. The summed E-state index contributed by atoms with van der Waals surface area (Å²) in [4.78, 5) is 34.9. The Kier molecular flexibility index (Phi) is 4.25. The highest BCUT2D eigenvalue weighted by molar-refractivity contribution is 5.97. The minimum absolute atomic E-state index is 0.0234. The van der Waals surface area contributed by atoms with E-state index in [0.29, 0.717) is 12.4 Å². The summed E-state index contributed by atoms with van der Waals surface area (Å²) in [5.41, 5.74) is 4.77. The fourth-order valence-electron chi connectivity index (χ4n) is 3.55. The van der Waals surface area contributed by atoms with E-state index in [1.54, 1.807) is 0 Å². The molecule has 0 saturated carbocycles.